The van der Waals surface area contributed by atoms with E-state index in [1.807, 2.05) is 107 Å². The topological polar surface area (TPSA) is 89.9 Å². The standard InChI is InChI=1S/C45H32N4O2/c1-25-19-28(4)41(29(5)20-25)49-44(50)38-13-8-14-39(40(38)45(49)51)48-42-34(32-17-15-30(23-46)21-26(32)2)9-6-11-36(42)37-12-7-10-35(43(37)48)33-18-16-31(24-47)22-27(33)3/h6-22H,1-5H3. The number of benzene rings is 6. The van der Waals surface area contributed by atoms with Crippen LogP contribution < -0.4 is 4.90 Å². The van der Waals surface area contributed by atoms with Crippen LogP contribution in [0.2, 0.25) is 0 Å². The predicted octanol–water partition coefficient (Wildman–Crippen LogP) is 10.2. The van der Waals surface area contributed by atoms with E-state index in [2.05, 4.69) is 41.0 Å². The number of rotatable bonds is 4. The predicted molar refractivity (Wildman–Crippen MR) is 202 cm³/mol. The van der Waals surface area contributed by atoms with Gasteiger partial charge in [0, 0.05) is 21.9 Å². The number of anilines is 1. The summed E-state index contributed by atoms with van der Waals surface area (Å²) in [5.41, 5.74) is 13.3. The highest BCUT2D eigenvalue weighted by Crippen LogP contribution is 2.45. The number of hydrogen-bond acceptors (Lipinski definition) is 4. The molecule has 6 nitrogen and oxygen atoms in total. The number of amides is 2. The van der Waals surface area contributed by atoms with Gasteiger partial charge in [0.25, 0.3) is 11.8 Å². The van der Waals surface area contributed by atoms with E-state index in [0.717, 1.165) is 71.9 Å². The van der Waals surface area contributed by atoms with Gasteiger partial charge in [-0.05, 0) is 104 Å². The zero-order valence-corrected chi connectivity index (χ0v) is 28.9. The molecule has 2 heterocycles. The molecule has 1 aliphatic rings. The number of imide groups is 1. The van der Waals surface area contributed by atoms with Crippen LogP contribution >= 0.6 is 0 Å². The number of fused-ring (bicyclic) bond motifs is 4. The van der Waals surface area contributed by atoms with Gasteiger partial charge in [-0.1, -0.05) is 72.3 Å². The first kappa shape index (κ1) is 31.5. The fourth-order valence-electron chi connectivity index (χ4n) is 8.04. The summed E-state index contributed by atoms with van der Waals surface area (Å²) in [6.45, 7) is 9.88. The summed E-state index contributed by atoms with van der Waals surface area (Å²) in [5, 5.41) is 21.2. The molecule has 0 fully saturated rings. The third kappa shape index (κ3) is 4.69. The number of carbonyl (C=O) groups excluding carboxylic acids is 2. The number of para-hydroxylation sites is 2. The highest BCUT2D eigenvalue weighted by Gasteiger charge is 2.41. The minimum atomic E-state index is -0.366. The molecule has 244 valence electrons. The minimum absolute atomic E-state index is 0.346. The minimum Gasteiger partial charge on any atom is -0.307 e. The van der Waals surface area contributed by atoms with E-state index in [1.165, 1.54) is 4.90 Å². The SMILES string of the molecule is Cc1cc(C)c(N2C(=O)c3cccc(-n4c5c(-c6ccc(C#N)cc6C)cccc5c5cccc(-c6ccc(C#N)cc6C)c54)c3C2=O)c(C)c1. The maximum absolute atomic E-state index is 14.8. The Morgan fingerprint density at radius 1 is 0.510 bits per heavy atom. The molecule has 8 rings (SSSR count). The zero-order chi connectivity index (χ0) is 35.7. The van der Waals surface area contributed by atoms with Crippen LogP contribution in [0.5, 0.6) is 0 Å². The Morgan fingerprint density at radius 3 is 1.49 bits per heavy atom. The lowest BCUT2D eigenvalue weighted by molar-refractivity contribution is 0.0925. The number of hydrogen-bond donors (Lipinski definition) is 0. The maximum Gasteiger partial charge on any atom is 0.268 e. The first-order valence-corrected chi connectivity index (χ1v) is 16.8. The Bertz CT molecular complexity index is 2630. The monoisotopic (exact) mass is 660 g/mol. The zero-order valence-electron chi connectivity index (χ0n) is 28.9. The molecule has 51 heavy (non-hydrogen) atoms. The highest BCUT2D eigenvalue weighted by atomic mass is 16.2. The molecule has 0 saturated carbocycles. The second-order valence-corrected chi connectivity index (χ2v) is 13.4. The molecule has 2 amide bonds. The van der Waals surface area contributed by atoms with Gasteiger partial charge in [-0.2, -0.15) is 10.5 Å². The summed E-state index contributed by atoms with van der Waals surface area (Å²) < 4.78 is 2.15. The lowest BCUT2D eigenvalue weighted by atomic mass is 9.95. The number of nitriles is 2. The fourth-order valence-corrected chi connectivity index (χ4v) is 8.04. The summed E-state index contributed by atoms with van der Waals surface area (Å²) in [5.74, 6) is -0.714. The third-order valence-corrected chi connectivity index (χ3v) is 10.1. The normalized spacial score (nSPS) is 12.4. The summed E-state index contributed by atoms with van der Waals surface area (Å²) >= 11 is 0. The van der Waals surface area contributed by atoms with Gasteiger partial charge in [-0.15, -0.1) is 0 Å². The van der Waals surface area contributed by atoms with Gasteiger partial charge in [-0.3, -0.25) is 9.59 Å². The molecule has 0 N–H and O–H groups in total. The molecule has 0 atom stereocenters. The molecule has 0 spiro atoms. The Labute approximate surface area is 296 Å². The van der Waals surface area contributed by atoms with E-state index in [1.54, 1.807) is 6.07 Å². The van der Waals surface area contributed by atoms with Crippen molar-refractivity contribution in [2.24, 2.45) is 0 Å². The van der Waals surface area contributed by atoms with Crippen molar-refractivity contribution in [1.29, 1.82) is 10.5 Å². The molecule has 0 unspecified atom stereocenters. The Kier molecular flexibility index (Phi) is 7.22. The van der Waals surface area contributed by atoms with Gasteiger partial charge >= 0.3 is 0 Å². The molecule has 0 aliphatic carbocycles. The van der Waals surface area contributed by atoms with Gasteiger partial charge in [-0.25, -0.2) is 4.90 Å². The molecule has 0 bridgehead atoms. The fraction of sp³-hybridized carbons (Fsp3) is 0.111. The van der Waals surface area contributed by atoms with Crippen LogP contribution in [-0.2, 0) is 0 Å². The van der Waals surface area contributed by atoms with Crippen LogP contribution in [0.4, 0.5) is 5.69 Å². The van der Waals surface area contributed by atoms with Crippen LogP contribution in [0.25, 0.3) is 49.7 Å². The molecule has 1 aromatic heterocycles. The number of nitrogens with zero attached hydrogens (tertiary/aromatic N) is 4. The second-order valence-electron chi connectivity index (χ2n) is 13.4. The molecular formula is C45H32N4O2. The van der Waals surface area contributed by atoms with E-state index in [-0.39, 0.29) is 11.8 Å². The van der Waals surface area contributed by atoms with E-state index >= 15 is 0 Å². The number of aromatic nitrogens is 1. The Morgan fingerprint density at radius 2 is 1.00 bits per heavy atom. The van der Waals surface area contributed by atoms with E-state index in [4.69, 9.17) is 0 Å². The third-order valence-electron chi connectivity index (χ3n) is 10.1. The van der Waals surface area contributed by atoms with Crippen molar-refractivity contribution in [2.75, 3.05) is 4.90 Å². The van der Waals surface area contributed by atoms with Crippen molar-refractivity contribution >= 4 is 39.3 Å². The van der Waals surface area contributed by atoms with Crippen LogP contribution in [0.3, 0.4) is 0 Å². The summed E-state index contributed by atoms with van der Waals surface area (Å²) in [7, 11) is 0. The number of carbonyl (C=O) groups is 2. The van der Waals surface area contributed by atoms with Gasteiger partial charge in [0.2, 0.25) is 0 Å². The van der Waals surface area contributed by atoms with Crippen molar-refractivity contribution in [1.82, 2.24) is 4.57 Å². The highest BCUT2D eigenvalue weighted by molar-refractivity contribution is 6.36. The first-order chi connectivity index (χ1) is 24.6. The largest absolute Gasteiger partial charge is 0.307 e. The van der Waals surface area contributed by atoms with Crippen molar-refractivity contribution in [3.05, 3.63) is 153 Å². The maximum atomic E-state index is 14.8. The van der Waals surface area contributed by atoms with Crippen LogP contribution in [0, 0.1) is 57.3 Å². The van der Waals surface area contributed by atoms with Crippen LogP contribution in [0.15, 0.2) is 103 Å². The average Bonchev–Trinajstić information content (AvgIpc) is 3.59. The van der Waals surface area contributed by atoms with E-state index < -0.39 is 0 Å². The summed E-state index contributed by atoms with van der Waals surface area (Å²) in [6.07, 6.45) is 0. The number of aryl methyl sites for hydroxylation is 5. The molecule has 7 aromatic rings. The van der Waals surface area contributed by atoms with Crippen molar-refractivity contribution in [3.63, 3.8) is 0 Å². The van der Waals surface area contributed by atoms with Crippen LogP contribution in [0.1, 0.15) is 59.7 Å². The van der Waals surface area contributed by atoms with Gasteiger partial charge < -0.3 is 4.57 Å². The Hall–Kier alpha value is -6.76. The lowest BCUT2D eigenvalue weighted by Crippen LogP contribution is -2.31. The van der Waals surface area contributed by atoms with Gasteiger partial charge in [0.15, 0.2) is 0 Å². The average molecular weight is 661 g/mol. The molecule has 0 saturated heterocycles. The summed E-state index contributed by atoms with van der Waals surface area (Å²) in [4.78, 5) is 30.4. The molecule has 1 aliphatic heterocycles. The summed E-state index contributed by atoms with van der Waals surface area (Å²) in [6, 6.07) is 37.8. The molecule has 6 heteroatoms. The van der Waals surface area contributed by atoms with E-state index in [0.29, 0.717) is 33.6 Å². The van der Waals surface area contributed by atoms with Crippen LogP contribution in [-0.4, -0.2) is 16.4 Å². The quantitative estimate of drug-likeness (QED) is 0.176. The molecular weight excluding hydrogens is 629 g/mol. The van der Waals surface area contributed by atoms with E-state index in [9.17, 15) is 20.1 Å². The van der Waals surface area contributed by atoms with Gasteiger partial charge in [0.05, 0.1) is 56.8 Å². The Balaban J connectivity index is 1.51. The lowest BCUT2D eigenvalue weighted by Gasteiger charge is -2.20. The van der Waals surface area contributed by atoms with Crippen molar-refractivity contribution in [3.8, 4) is 40.1 Å². The van der Waals surface area contributed by atoms with Crippen molar-refractivity contribution < 1.29 is 9.59 Å². The molecule has 0 radical (unpaired) electrons. The molecule has 6 aromatic carbocycles. The second kappa shape index (κ2) is 11.7. The van der Waals surface area contributed by atoms with Gasteiger partial charge in [0.1, 0.15) is 0 Å². The smallest absolute Gasteiger partial charge is 0.268 e. The first-order valence-electron chi connectivity index (χ1n) is 16.8. The van der Waals surface area contributed by atoms with Crippen molar-refractivity contribution in [2.45, 2.75) is 34.6 Å².